The first kappa shape index (κ1) is 17.5. The molecule has 0 radical (unpaired) electrons. The van der Waals surface area contributed by atoms with Crippen molar-refractivity contribution < 1.29 is 18.4 Å². The molecule has 1 heterocycles. The summed E-state index contributed by atoms with van der Waals surface area (Å²) >= 11 is 1.50. The molecule has 20 heavy (non-hydrogen) atoms. The van der Waals surface area contributed by atoms with Crippen LogP contribution in [0.3, 0.4) is 0 Å². The maximum absolute atomic E-state index is 12.2. The first-order chi connectivity index (χ1) is 9.41. The highest BCUT2D eigenvalue weighted by Gasteiger charge is 2.40. The van der Waals surface area contributed by atoms with E-state index in [0.29, 0.717) is 39.0 Å². The molecule has 0 aromatic carbocycles. The molecule has 0 amide bonds. The zero-order valence-corrected chi connectivity index (χ0v) is 13.5. The summed E-state index contributed by atoms with van der Waals surface area (Å²) in [7, 11) is -1.69. The zero-order chi connectivity index (χ0) is 15.2. The van der Waals surface area contributed by atoms with E-state index in [1.807, 2.05) is 6.26 Å². The molecule has 118 valence electrons. The quantitative estimate of drug-likeness (QED) is 0.229. The number of methoxy groups -OCH3 is 1. The van der Waals surface area contributed by atoms with E-state index in [2.05, 4.69) is 5.16 Å². The highest BCUT2D eigenvalue weighted by atomic mass is 32.2. The largest absolute Gasteiger partial charge is 0.409 e. The van der Waals surface area contributed by atoms with E-state index in [0.717, 1.165) is 0 Å². The molecule has 7 nitrogen and oxygen atoms in total. The van der Waals surface area contributed by atoms with Crippen LogP contribution in [0.4, 0.5) is 0 Å². The topological polar surface area (TPSA) is 105 Å². The molecule has 1 aliphatic rings. The first-order valence-corrected chi connectivity index (χ1v) is 9.25. The zero-order valence-electron chi connectivity index (χ0n) is 11.9. The van der Waals surface area contributed by atoms with Gasteiger partial charge in [0.2, 0.25) is 10.0 Å². The van der Waals surface area contributed by atoms with Crippen molar-refractivity contribution in [2.24, 2.45) is 10.9 Å². The smallest absolute Gasteiger partial charge is 0.214 e. The van der Waals surface area contributed by atoms with Gasteiger partial charge < -0.3 is 15.7 Å². The Morgan fingerprint density at radius 1 is 1.50 bits per heavy atom. The van der Waals surface area contributed by atoms with Crippen molar-refractivity contribution in [1.82, 2.24) is 4.31 Å². The van der Waals surface area contributed by atoms with Crippen LogP contribution in [0, 0.1) is 0 Å². The molecule has 3 N–H and O–H groups in total. The fraction of sp³-hybridized carbons (Fsp3) is 0.909. The molecule has 0 unspecified atom stereocenters. The van der Waals surface area contributed by atoms with Gasteiger partial charge >= 0.3 is 0 Å². The fourth-order valence-corrected chi connectivity index (χ4v) is 4.62. The summed E-state index contributed by atoms with van der Waals surface area (Å²) in [5.41, 5.74) is 5.74. The van der Waals surface area contributed by atoms with E-state index >= 15 is 0 Å². The summed E-state index contributed by atoms with van der Waals surface area (Å²) in [5, 5.41) is 11.9. The number of oxime groups is 1. The molecule has 1 saturated heterocycles. The summed E-state index contributed by atoms with van der Waals surface area (Å²) in [5.74, 6) is 0.262. The highest BCUT2D eigenvalue weighted by Crippen LogP contribution is 2.35. The Morgan fingerprint density at radius 2 is 2.10 bits per heavy atom. The summed E-state index contributed by atoms with van der Waals surface area (Å²) < 4.78 is 30.2. The molecule has 0 aliphatic carbocycles. The van der Waals surface area contributed by atoms with Crippen molar-refractivity contribution in [3.8, 4) is 0 Å². The number of rotatable bonds is 7. The van der Waals surface area contributed by atoms with Crippen molar-refractivity contribution in [2.75, 3.05) is 38.8 Å². The molecule has 1 aliphatic heterocycles. The van der Waals surface area contributed by atoms with Crippen LogP contribution >= 0.6 is 11.8 Å². The van der Waals surface area contributed by atoms with Crippen molar-refractivity contribution in [3.05, 3.63) is 0 Å². The maximum Gasteiger partial charge on any atom is 0.214 e. The van der Waals surface area contributed by atoms with E-state index in [9.17, 15) is 8.42 Å². The van der Waals surface area contributed by atoms with Gasteiger partial charge in [-0.1, -0.05) is 5.16 Å². The predicted octanol–water partition coefficient (Wildman–Crippen LogP) is 0.297. The van der Waals surface area contributed by atoms with Crippen LogP contribution in [-0.4, -0.2) is 67.3 Å². The summed E-state index contributed by atoms with van der Waals surface area (Å²) in [6, 6.07) is 0. The SMILES string of the molecule is COCCCS(=O)(=O)N1CCC(SC)(C(N)=NO)CC1. The van der Waals surface area contributed by atoms with Gasteiger partial charge in [-0.15, -0.1) is 0 Å². The second-order valence-corrected chi connectivity index (χ2v) is 8.02. The lowest BCUT2D eigenvalue weighted by atomic mass is 9.96. The number of amidine groups is 1. The van der Waals surface area contributed by atoms with Crippen LogP contribution in [0.15, 0.2) is 5.16 Å². The number of thioether (sulfide) groups is 1. The average Bonchev–Trinajstić information content (AvgIpc) is 2.46. The van der Waals surface area contributed by atoms with Gasteiger partial charge in [0.1, 0.15) is 0 Å². The Bertz CT molecular complexity index is 431. The van der Waals surface area contributed by atoms with E-state index in [1.54, 1.807) is 7.11 Å². The Hall–Kier alpha value is -0.510. The van der Waals surface area contributed by atoms with Gasteiger partial charge in [0.05, 0.1) is 10.5 Å². The molecule has 0 spiro atoms. The number of piperidine rings is 1. The molecular formula is C11H23N3O4S2. The normalized spacial score (nSPS) is 21.0. The van der Waals surface area contributed by atoms with E-state index in [-0.39, 0.29) is 11.6 Å². The third kappa shape index (κ3) is 4.00. The first-order valence-electron chi connectivity index (χ1n) is 6.42. The number of nitrogens with zero attached hydrogens (tertiary/aromatic N) is 2. The summed E-state index contributed by atoms with van der Waals surface area (Å²) in [4.78, 5) is 0. The van der Waals surface area contributed by atoms with Crippen LogP contribution in [0.5, 0.6) is 0 Å². The third-order valence-electron chi connectivity index (χ3n) is 3.64. The van der Waals surface area contributed by atoms with Gasteiger partial charge in [-0.3, -0.25) is 0 Å². The molecule has 1 fully saturated rings. The van der Waals surface area contributed by atoms with Crippen LogP contribution in [0.1, 0.15) is 19.3 Å². The van der Waals surface area contributed by atoms with Gasteiger partial charge in [0.15, 0.2) is 5.84 Å². The molecule has 1 rings (SSSR count). The number of sulfonamides is 1. The highest BCUT2D eigenvalue weighted by molar-refractivity contribution is 8.00. The van der Waals surface area contributed by atoms with Crippen LogP contribution < -0.4 is 5.73 Å². The molecule has 0 atom stereocenters. The second-order valence-electron chi connectivity index (χ2n) is 4.75. The monoisotopic (exact) mass is 325 g/mol. The Morgan fingerprint density at radius 3 is 2.55 bits per heavy atom. The molecule has 9 heteroatoms. The third-order valence-corrected chi connectivity index (χ3v) is 6.99. The molecular weight excluding hydrogens is 302 g/mol. The summed E-state index contributed by atoms with van der Waals surface area (Å²) in [6.45, 7) is 1.23. The molecule has 0 bridgehead atoms. The maximum atomic E-state index is 12.2. The second kappa shape index (κ2) is 7.48. The Kier molecular flexibility index (Phi) is 6.56. The predicted molar refractivity (Wildman–Crippen MR) is 80.7 cm³/mol. The van der Waals surface area contributed by atoms with Crippen molar-refractivity contribution in [1.29, 1.82) is 0 Å². The summed E-state index contributed by atoms with van der Waals surface area (Å²) in [6.07, 6.45) is 3.48. The molecule has 0 aromatic rings. The number of hydrogen-bond donors (Lipinski definition) is 2. The average molecular weight is 325 g/mol. The van der Waals surface area contributed by atoms with Crippen LogP contribution in [0.25, 0.3) is 0 Å². The fourth-order valence-electron chi connectivity index (χ4n) is 2.30. The van der Waals surface area contributed by atoms with Crippen molar-refractivity contribution in [3.63, 3.8) is 0 Å². The van der Waals surface area contributed by atoms with Crippen molar-refractivity contribution >= 4 is 27.6 Å². The van der Waals surface area contributed by atoms with Crippen LogP contribution in [0.2, 0.25) is 0 Å². The minimum absolute atomic E-state index is 0.0939. The number of nitrogens with two attached hydrogens (primary N) is 1. The Labute approximate surface area is 124 Å². The minimum Gasteiger partial charge on any atom is -0.409 e. The number of hydrogen-bond acceptors (Lipinski definition) is 6. The lowest BCUT2D eigenvalue weighted by molar-refractivity contribution is 0.199. The lowest BCUT2D eigenvalue weighted by Crippen LogP contribution is -2.51. The number of ether oxygens (including phenoxy) is 1. The van der Waals surface area contributed by atoms with E-state index in [1.165, 1.54) is 16.1 Å². The van der Waals surface area contributed by atoms with Gasteiger partial charge in [0, 0.05) is 26.8 Å². The molecule has 0 saturated carbocycles. The Balaban J connectivity index is 2.65. The molecule has 0 aromatic heterocycles. The van der Waals surface area contributed by atoms with Gasteiger partial charge in [-0.2, -0.15) is 11.8 Å². The van der Waals surface area contributed by atoms with Gasteiger partial charge in [0.25, 0.3) is 0 Å². The minimum atomic E-state index is -3.25. The standard InChI is InChI=1S/C11H23N3O4S2/c1-18-8-3-9-20(16,17)14-6-4-11(19-2,5-7-14)10(12)13-15/h15H,3-9H2,1-2H3,(H2,12,13). The van der Waals surface area contributed by atoms with Crippen molar-refractivity contribution in [2.45, 2.75) is 24.0 Å². The van der Waals surface area contributed by atoms with Gasteiger partial charge in [-0.05, 0) is 25.5 Å². The lowest BCUT2D eigenvalue weighted by Gasteiger charge is -2.39. The van der Waals surface area contributed by atoms with Crippen LogP contribution in [-0.2, 0) is 14.8 Å². The van der Waals surface area contributed by atoms with E-state index in [4.69, 9.17) is 15.7 Å². The van der Waals surface area contributed by atoms with E-state index < -0.39 is 14.8 Å². The van der Waals surface area contributed by atoms with Gasteiger partial charge in [-0.25, -0.2) is 12.7 Å².